The largest absolute Gasteiger partial charge is 0.316 e. The number of hydrogen-bond acceptors (Lipinski definition) is 2. The lowest BCUT2D eigenvalue weighted by Crippen LogP contribution is -2.40. The van der Waals surface area contributed by atoms with E-state index in [1.54, 1.807) is 0 Å². The lowest BCUT2D eigenvalue weighted by molar-refractivity contribution is 0.111. The van der Waals surface area contributed by atoms with Crippen molar-refractivity contribution in [2.75, 3.05) is 26.7 Å². The summed E-state index contributed by atoms with van der Waals surface area (Å²) in [4.78, 5) is 2.64. The maximum Gasteiger partial charge on any atom is 0.00927 e. The van der Waals surface area contributed by atoms with Crippen LogP contribution in [0.1, 0.15) is 46.5 Å². The molecule has 1 N–H and O–H groups in total. The first kappa shape index (κ1) is 13.4. The van der Waals surface area contributed by atoms with Crippen molar-refractivity contribution in [3.05, 3.63) is 0 Å². The van der Waals surface area contributed by atoms with Crippen molar-refractivity contribution >= 4 is 0 Å². The molecule has 1 saturated heterocycles. The van der Waals surface area contributed by atoms with Gasteiger partial charge in [0.05, 0.1) is 0 Å². The Morgan fingerprint density at radius 3 is 2.35 bits per heavy atom. The standard InChI is InChI=1S/C15H30N2/c1-12-9-16-10-13(12)11-17(4)14-5-7-15(2,3)8-6-14/h12-14,16H,5-11H2,1-4H3. The first-order valence-corrected chi connectivity index (χ1v) is 7.39. The van der Waals surface area contributed by atoms with Crippen molar-refractivity contribution in [2.45, 2.75) is 52.5 Å². The zero-order valence-electron chi connectivity index (χ0n) is 12.1. The molecule has 2 fully saturated rings. The Balaban J connectivity index is 1.78. The Labute approximate surface area is 107 Å². The lowest BCUT2D eigenvalue weighted by Gasteiger charge is -2.39. The fourth-order valence-electron chi connectivity index (χ4n) is 3.45. The third-order valence-electron chi connectivity index (χ3n) is 5.13. The minimum Gasteiger partial charge on any atom is -0.316 e. The maximum absolute atomic E-state index is 3.52. The molecule has 2 nitrogen and oxygen atoms in total. The average molecular weight is 238 g/mol. The van der Waals surface area contributed by atoms with Crippen LogP contribution in [0.2, 0.25) is 0 Å². The van der Waals surface area contributed by atoms with Gasteiger partial charge < -0.3 is 10.2 Å². The molecule has 2 heteroatoms. The van der Waals surface area contributed by atoms with E-state index < -0.39 is 0 Å². The van der Waals surface area contributed by atoms with Crippen molar-refractivity contribution in [3.8, 4) is 0 Å². The quantitative estimate of drug-likeness (QED) is 0.813. The van der Waals surface area contributed by atoms with Crippen LogP contribution in [0.5, 0.6) is 0 Å². The van der Waals surface area contributed by atoms with Gasteiger partial charge in [-0.05, 0) is 63.1 Å². The summed E-state index contributed by atoms with van der Waals surface area (Å²) < 4.78 is 0. The van der Waals surface area contributed by atoms with E-state index in [0.29, 0.717) is 5.41 Å². The second kappa shape index (κ2) is 5.27. The summed E-state index contributed by atoms with van der Waals surface area (Å²) in [5.74, 6) is 1.73. The molecular weight excluding hydrogens is 208 g/mol. The van der Waals surface area contributed by atoms with Gasteiger partial charge in [-0.25, -0.2) is 0 Å². The summed E-state index contributed by atoms with van der Waals surface area (Å²) in [6.07, 6.45) is 5.61. The van der Waals surface area contributed by atoms with Gasteiger partial charge in [0, 0.05) is 12.6 Å². The fourth-order valence-corrected chi connectivity index (χ4v) is 3.45. The molecule has 0 spiro atoms. The third-order valence-corrected chi connectivity index (χ3v) is 5.13. The van der Waals surface area contributed by atoms with Gasteiger partial charge in [-0.2, -0.15) is 0 Å². The fraction of sp³-hybridized carbons (Fsp3) is 1.00. The molecule has 0 amide bonds. The number of nitrogens with zero attached hydrogens (tertiary/aromatic N) is 1. The molecule has 0 bridgehead atoms. The van der Waals surface area contributed by atoms with E-state index in [-0.39, 0.29) is 0 Å². The van der Waals surface area contributed by atoms with Gasteiger partial charge in [0.2, 0.25) is 0 Å². The van der Waals surface area contributed by atoms with Crippen LogP contribution in [0, 0.1) is 17.3 Å². The SMILES string of the molecule is CC1CNCC1CN(C)C1CCC(C)(C)CC1. The van der Waals surface area contributed by atoms with E-state index in [9.17, 15) is 0 Å². The second-order valence-electron chi connectivity index (χ2n) is 7.23. The average Bonchev–Trinajstić information content (AvgIpc) is 2.64. The molecule has 2 aliphatic rings. The first-order valence-electron chi connectivity index (χ1n) is 7.39. The molecule has 0 radical (unpaired) electrons. The Morgan fingerprint density at radius 2 is 1.82 bits per heavy atom. The van der Waals surface area contributed by atoms with Gasteiger partial charge in [0.15, 0.2) is 0 Å². The normalized spacial score (nSPS) is 34.4. The van der Waals surface area contributed by atoms with Crippen LogP contribution >= 0.6 is 0 Å². The molecule has 0 aromatic carbocycles. The Morgan fingerprint density at radius 1 is 1.18 bits per heavy atom. The summed E-state index contributed by atoms with van der Waals surface area (Å²) in [6, 6.07) is 0.843. The Hall–Kier alpha value is -0.0800. The van der Waals surface area contributed by atoms with Crippen LogP contribution in [0.3, 0.4) is 0 Å². The molecule has 1 heterocycles. The molecular formula is C15H30N2. The van der Waals surface area contributed by atoms with Gasteiger partial charge in [-0.15, -0.1) is 0 Å². The highest BCUT2D eigenvalue weighted by Gasteiger charge is 2.31. The molecule has 1 aliphatic heterocycles. The zero-order chi connectivity index (χ0) is 12.5. The summed E-state index contributed by atoms with van der Waals surface area (Å²) in [5, 5.41) is 3.52. The summed E-state index contributed by atoms with van der Waals surface area (Å²) in [6.45, 7) is 11.0. The molecule has 0 aromatic rings. The number of hydrogen-bond donors (Lipinski definition) is 1. The van der Waals surface area contributed by atoms with Crippen molar-refractivity contribution in [1.82, 2.24) is 10.2 Å². The highest BCUT2D eigenvalue weighted by atomic mass is 15.1. The van der Waals surface area contributed by atoms with E-state index in [1.165, 1.54) is 45.3 Å². The van der Waals surface area contributed by atoms with E-state index in [0.717, 1.165) is 17.9 Å². The molecule has 17 heavy (non-hydrogen) atoms. The van der Waals surface area contributed by atoms with Crippen LogP contribution in [0.25, 0.3) is 0 Å². The van der Waals surface area contributed by atoms with Crippen LogP contribution in [-0.4, -0.2) is 37.6 Å². The summed E-state index contributed by atoms with van der Waals surface area (Å²) >= 11 is 0. The van der Waals surface area contributed by atoms with Crippen LogP contribution in [-0.2, 0) is 0 Å². The first-order chi connectivity index (χ1) is 7.98. The third kappa shape index (κ3) is 3.45. The van der Waals surface area contributed by atoms with Gasteiger partial charge in [-0.1, -0.05) is 20.8 Å². The molecule has 1 aliphatic carbocycles. The highest BCUT2D eigenvalue weighted by Crippen LogP contribution is 2.36. The van der Waals surface area contributed by atoms with Crippen LogP contribution in [0.15, 0.2) is 0 Å². The van der Waals surface area contributed by atoms with Gasteiger partial charge in [0.25, 0.3) is 0 Å². The highest BCUT2D eigenvalue weighted by molar-refractivity contribution is 4.86. The monoisotopic (exact) mass is 238 g/mol. The number of nitrogens with one attached hydrogen (secondary N) is 1. The predicted molar refractivity (Wildman–Crippen MR) is 74.2 cm³/mol. The van der Waals surface area contributed by atoms with Crippen molar-refractivity contribution in [1.29, 1.82) is 0 Å². The Kier molecular flexibility index (Phi) is 4.14. The predicted octanol–water partition coefficient (Wildman–Crippen LogP) is 2.74. The smallest absolute Gasteiger partial charge is 0.00927 e. The van der Waals surface area contributed by atoms with E-state index >= 15 is 0 Å². The molecule has 0 aromatic heterocycles. The molecule has 1 saturated carbocycles. The lowest BCUT2D eigenvalue weighted by atomic mass is 9.75. The minimum atomic E-state index is 0.597. The molecule has 100 valence electrons. The second-order valence-corrected chi connectivity index (χ2v) is 7.23. The molecule has 2 unspecified atom stereocenters. The maximum atomic E-state index is 3.52. The van der Waals surface area contributed by atoms with Crippen LogP contribution < -0.4 is 5.32 Å². The van der Waals surface area contributed by atoms with E-state index in [4.69, 9.17) is 0 Å². The van der Waals surface area contributed by atoms with E-state index in [1.807, 2.05) is 0 Å². The van der Waals surface area contributed by atoms with E-state index in [2.05, 4.69) is 38.0 Å². The summed E-state index contributed by atoms with van der Waals surface area (Å²) in [5.41, 5.74) is 0.597. The van der Waals surface area contributed by atoms with Crippen molar-refractivity contribution in [3.63, 3.8) is 0 Å². The van der Waals surface area contributed by atoms with Gasteiger partial charge >= 0.3 is 0 Å². The van der Waals surface area contributed by atoms with Crippen LogP contribution in [0.4, 0.5) is 0 Å². The minimum absolute atomic E-state index is 0.597. The van der Waals surface area contributed by atoms with Crippen molar-refractivity contribution in [2.24, 2.45) is 17.3 Å². The molecule has 2 rings (SSSR count). The summed E-state index contributed by atoms with van der Waals surface area (Å²) in [7, 11) is 2.34. The van der Waals surface area contributed by atoms with Crippen molar-refractivity contribution < 1.29 is 0 Å². The topological polar surface area (TPSA) is 15.3 Å². The Bertz CT molecular complexity index is 239. The van der Waals surface area contributed by atoms with Gasteiger partial charge in [-0.3, -0.25) is 0 Å². The number of rotatable bonds is 3. The van der Waals surface area contributed by atoms with Gasteiger partial charge in [0.1, 0.15) is 0 Å². The zero-order valence-corrected chi connectivity index (χ0v) is 12.1. The molecule has 2 atom stereocenters.